The van der Waals surface area contributed by atoms with Crippen LogP contribution in [0.3, 0.4) is 0 Å². The van der Waals surface area contributed by atoms with Crippen LogP contribution < -0.4 is 14.8 Å². The lowest BCUT2D eigenvalue weighted by atomic mass is 10.1. The Bertz CT molecular complexity index is 847. The van der Waals surface area contributed by atoms with Gasteiger partial charge >= 0.3 is 0 Å². The Kier molecular flexibility index (Phi) is 5.88. The Morgan fingerprint density at radius 2 is 1.77 bits per heavy atom. The maximum absolute atomic E-state index is 12.1. The first-order valence-electron chi connectivity index (χ1n) is 8.33. The molecule has 2 aromatic carbocycles. The average molecular weight is 351 g/mol. The number of rotatable bonds is 8. The highest BCUT2D eigenvalue weighted by molar-refractivity contribution is 5.77. The van der Waals surface area contributed by atoms with Gasteiger partial charge in [-0.25, -0.2) is 0 Å². The largest absolute Gasteiger partial charge is 0.493 e. The lowest BCUT2D eigenvalue weighted by molar-refractivity contribution is -0.123. The number of amides is 1. The highest BCUT2D eigenvalue weighted by atomic mass is 16.5. The van der Waals surface area contributed by atoms with Gasteiger partial charge in [0.25, 0.3) is 5.91 Å². The van der Waals surface area contributed by atoms with Crippen LogP contribution in [-0.4, -0.2) is 29.4 Å². The van der Waals surface area contributed by atoms with Crippen LogP contribution in [0.2, 0.25) is 0 Å². The van der Waals surface area contributed by atoms with E-state index < -0.39 is 0 Å². The second-order valence-corrected chi connectivity index (χ2v) is 5.69. The molecule has 0 aliphatic heterocycles. The molecule has 1 N–H and O–H groups in total. The number of aromatic nitrogens is 2. The Balaban J connectivity index is 1.55. The van der Waals surface area contributed by atoms with Crippen LogP contribution in [-0.2, 0) is 17.9 Å². The predicted octanol–water partition coefficient (Wildman–Crippen LogP) is 2.64. The first-order valence-corrected chi connectivity index (χ1v) is 8.33. The number of benzene rings is 2. The van der Waals surface area contributed by atoms with Crippen molar-refractivity contribution in [1.29, 1.82) is 0 Å². The van der Waals surface area contributed by atoms with Crippen molar-refractivity contribution in [2.75, 3.05) is 13.7 Å². The van der Waals surface area contributed by atoms with Gasteiger partial charge in [-0.3, -0.25) is 9.48 Å². The molecule has 0 saturated heterocycles. The Labute approximate surface area is 152 Å². The Morgan fingerprint density at radius 1 is 1.04 bits per heavy atom. The van der Waals surface area contributed by atoms with E-state index in [2.05, 4.69) is 10.4 Å². The van der Waals surface area contributed by atoms with Crippen LogP contribution in [0.25, 0.3) is 0 Å². The molecule has 0 spiro atoms. The SMILES string of the molecule is COc1ccccc1OCC(=O)NCc1ccccc1Cn1cccn1. The van der Waals surface area contributed by atoms with E-state index in [1.807, 2.05) is 53.3 Å². The van der Waals surface area contributed by atoms with Crippen molar-refractivity contribution in [3.63, 3.8) is 0 Å². The molecular weight excluding hydrogens is 330 g/mol. The molecule has 0 bridgehead atoms. The standard InChI is InChI=1S/C20H21N3O3/c1-25-18-9-4-5-10-19(18)26-15-20(24)21-13-16-7-2-3-8-17(16)14-23-12-6-11-22-23/h2-12H,13-15H2,1H3,(H,21,24). The molecular formula is C20H21N3O3. The zero-order valence-corrected chi connectivity index (χ0v) is 14.6. The summed E-state index contributed by atoms with van der Waals surface area (Å²) in [6, 6.07) is 17.1. The summed E-state index contributed by atoms with van der Waals surface area (Å²) >= 11 is 0. The number of methoxy groups -OCH3 is 1. The van der Waals surface area contributed by atoms with Crippen molar-refractivity contribution in [2.45, 2.75) is 13.1 Å². The second kappa shape index (κ2) is 8.71. The highest BCUT2D eigenvalue weighted by Crippen LogP contribution is 2.25. The summed E-state index contributed by atoms with van der Waals surface area (Å²) in [5.74, 6) is 0.957. The fourth-order valence-corrected chi connectivity index (χ4v) is 2.58. The van der Waals surface area contributed by atoms with Gasteiger partial charge in [-0.2, -0.15) is 5.10 Å². The number of carbonyl (C=O) groups is 1. The molecule has 1 heterocycles. The molecule has 6 nitrogen and oxygen atoms in total. The second-order valence-electron chi connectivity index (χ2n) is 5.69. The molecule has 0 radical (unpaired) electrons. The lowest BCUT2D eigenvalue weighted by Gasteiger charge is -2.12. The van der Waals surface area contributed by atoms with E-state index >= 15 is 0 Å². The van der Waals surface area contributed by atoms with E-state index in [0.717, 1.165) is 11.1 Å². The summed E-state index contributed by atoms with van der Waals surface area (Å²) in [6.07, 6.45) is 3.66. The van der Waals surface area contributed by atoms with Crippen LogP contribution in [0.15, 0.2) is 67.0 Å². The molecule has 0 atom stereocenters. The lowest BCUT2D eigenvalue weighted by Crippen LogP contribution is -2.29. The van der Waals surface area contributed by atoms with Gasteiger partial charge in [0.05, 0.1) is 13.7 Å². The minimum Gasteiger partial charge on any atom is -0.493 e. The van der Waals surface area contributed by atoms with Gasteiger partial charge in [-0.1, -0.05) is 36.4 Å². The number of hydrogen-bond donors (Lipinski definition) is 1. The summed E-state index contributed by atoms with van der Waals surface area (Å²) in [7, 11) is 1.57. The molecule has 3 aromatic rings. The minimum atomic E-state index is -0.190. The van der Waals surface area contributed by atoms with Gasteiger partial charge < -0.3 is 14.8 Å². The summed E-state index contributed by atoms with van der Waals surface area (Å²) in [5, 5.41) is 7.12. The van der Waals surface area contributed by atoms with Crippen LogP contribution in [0.1, 0.15) is 11.1 Å². The quantitative estimate of drug-likeness (QED) is 0.678. The molecule has 26 heavy (non-hydrogen) atoms. The van der Waals surface area contributed by atoms with Gasteiger partial charge in [0.1, 0.15) is 0 Å². The van der Waals surface area contributed by atoms with Gasteiger partial charge in [0.15, 0.2) is 18.1 Å². The first kappa shape index (κ1) is 17.5. The van der Waals surface area contributed by atoms with Crippen molar-refractivity contribution in [2.24, 2.45) is 0 Å². The molecule has 0 aliphatic rings. The number of ether oxygens (including phenoxy) is 2. The van der Waals surface area contributed by atoms with Crippen LogP contribution in [0.4, 0.5) is 0 Å². The molecule has 1 aromatic heterocycles. The van der Waals surface area contributed by atoms with Gasteiger partial charge in [-0.15, -0.1) is 0 Å². The predicted molar refractivity (Wildman–Crippen MR) is 98.1 cm³/mol. The molecule has 6 heteroatoms. The number of nitrogens with zero attached hydrogens (tertiary/aromatic N) is 2. The van der Waals surface area contributed by atoms with Crippen LogP contribution in [0, 0.1) is 0 Å². The topological polar surface area (TPSA) is 65.4 Å². The summed E-state index contributed by atoms with van der Waals surface area (Å²) in [5.41, 5.74) is 2.16. The van der Waals surface area contributed by atoms with E-state index in [-0.39, 0.29) is 12.5 Å². The van der Waals surface area contributed by atoms with E-state index in [4.69, 9.17) is 9.47 Å². The normalized spacial score (nSPS) is 10.3. The van der Waals surface area contributed by atoms with Gasteiger partial charge in [-0.05, 0) is 29.3 Å². The summed E-state index contributed by atoms with van der Waals surface area (Å²) in [4.78, 5) is 12.1. The molecule has 0 unspecified atom stereocenters. The molecule has 1 amide bonds. The first-order chi connectivity index (χ1) is 12.8. The Morgan fingerprint density at radius 3 is 2.50 bits per heavy atom. The molecule has 3 rings (SSSR count). The Hall–Kier alpha value is -3.28. The minimum absolute atomic E-state index is 0.0678. The van der Waals surface area contributed by atoms with Crippen LogP contribution >= 0.6 is 0 Å². The van der Waals surface area contributed by atoms with Gasteiger partial charge in [0, 0.05) is 18.9 Å². The van der Waals surface area contributed by atoms with E-state index in [9.17, 15) is 4.79 Å². The molecule has 0 saturated carbocycles. The van der Waals surface area contributed by atoms with E-state index in [0.29, 0.717) is 24.6 Å². The van der Waals surface area contributed by atoms with Crippen molar-refractivity contribution in [3.8, 4) is 11.5 Å². The third-order valence-electron chi connectivity index (χ3n) is 3.91. The average Bonchev–Trinajstić information content (AvgIpc) is 3.19. The smallest absolute Gasteiger partial charge is 0.258 e. The van der Waals surface area contributed by atoms with E-state index in [1.165, 1.54) is 0 Å². The van der Waals surface area contributed by atoms with Crippen LogP contribution in [0.5, 0.6) is 11.5 Å². The van der Waals surface area contributed by atoms with Crippen molar-refractivity contribution in [1.82, 2.24) is 15.1 Å². The number of nitrogens with one attached hydrogen (secondary N) is 1. The highest BCUT2D eigenvalue weighted by Gasteiger charge is 2.08. The third-order valence-corrected chi connectivity index (χ3v) is 3.91. The van der Waals surface area contributed by atoms with E-state index in [1.54, 1.807) is 25.4 Å². The van der Waals surface area contributed by atoms with Crippen molar-refractivity contribution in [3.05, 3.63) is 78.1 Å². The number of carbonyl (C=O) groups excluding carboxylic acids is 1. The maximum Gasteiger partial charge on any atom is 0.258 e. The zero-order chi connectivity index (χ0) is 18.2. The molecule has 0 fully saturated rings. The van der Waals surface area contributed by atoms with Crippen molar-refractivity contribution >= 4 is 5.91 Å². The molecule has 134 valence electrons. The van der Waals surface area contributed by atoms with Gasteiger partial charge in [0.2, 0.25) is 0 Å². The zero-order valence-electron chi connectivity index (χ0n) is 14.6. The number of hydrogen-bond acceptors (Lipinski definition) is 4. The fourth-order valence-electron chi connectivity index (χ4n) is 2.58. The molecule has 0 aliphatic carbocycles. The summed E-state index contributed by atoms with van der Waals surface area (Å²) < 4.78 is 12.6. The third kappa shape index (κ3) is 4.63. The van der Waals surface area contributed by atoms with Crippen molar-refractivity contribution < 1.29 is 14.3 Å². The monoisotopic (exact) mass is 351 g/mol. The number of para-hydroxylation sites is 2. The maximum atomic E-state index is 12.1. The summed E-state index contributed by atoms with van der Waals surface area (Å²) in [6.45, 7) is 1.03. The fraction of sp³-hybridized carbons (Fsp3) is 0.200.